The number of rotatable bonds is 1. The molecule has 0 amide bonds. The van der Waals surface area contributed by atoms with Gasteiger partial charge in [0.05, 0.1) is 0 Å². The summed E-state index contributed by atoms with van der Waals surface area (Å²) in [6, 6.07) is 26.3. The molecule has 7 rings (SSSR count). The quantitative estimate of drug-likeness (QED) is 0.276. The molecule has 3 aromatic rings. The van der Waals surface area contributed by atoms with Gasteiger partial charge in [0.2, 0.25) is 0 Å². The van der Waals surface area contributed by atoms with Gasteiger partial charge in [0.15, 0.2) is 6.71 Å². The molecule has 39 heavy (non-hydrogen) atoms. The van der Waals surface area contributed by atoms with Gasteiger partial charge in [-0.2, -0.15) is 72.8 Å². The summed E-state index contributed by atoms with van der Waals surface area (Å²) >= 11 is 0. The molecular weight excluding hydrogens is 658 g/mol. The second-order valence-corrected chi connectivity index (χ2v) is 11.2. The van der Waals surface area contributed by atoms with Crippen LogP contribution in [0.15, 0.2) is 73.3 Å². The van der Waals surface area contributed by atoms with E-state index in [9.17, 15) is 0 Å². The second-order valence-electron chi connectivity index (χ2n) is 11.2. The molecule has 2 unspecified atom stereocenters. The van der Waals surface area contributed by atoms with Gasteiger partial charge in [-0.25, -0.2) is 0 Å². The summed E-state index contributed by atoms with van der Waals surface area (Å²) in [5.74, 6) is 0. The van der Waals surface area contributed by atoms with Crippen molar-refractivity contribution in [2.24, 2.45) is 0 Å². The van der Waals surface area contributed by atoms with Crippen molar-refractivity contribution in [2.75, 3.05) is 9.80 Å². The summed E-state index contributed by atoms with van der Waals surface area (Å²) in [5, 5.41) is 0. The van der Waals surface area contributed by atoms with Crippen LogP contribution in [0.3, 0.4) is 0 Å². The number of nitrogens with zero attached hydrogens (tertiary/aromatic N) is 4. The molecule has 198 valence electrons. The molecule has 0 radical (unpaired) electrons. The van der Waals surface area contributed by atoms with Gasteiger partial charge in [-0.3, -0.25) is 0 Å². The van der Waals surface area contributed by atoms with E-state index in [1.807, 2.05) is 0 Å². The molecule has 6 heteroatoms. The average molecular weight is 692 g/mol. The monoisotopic (exact) mass is 691 g/mol. The van der Waals surface area contributed by atoms with Crippen molar-refractivity contribution in [2.45, 2.75) is 58.5 Å². The third-order valence-electron chi connectivity index (χ3n) is 8.58. The molecule has 3 aliphatic heterocycles. The van der Waals surface area contributed by atoms with Crippen LogP contribution < -0.4 is 26.2 Å². The molecule has 1 aliphatic carbocycles. The maximum atomic E-state index is 3.83. The molecule has 0 saturated heterocycles. The van der Waals surface area contributed by atoms with Gasteiger partial charge >= 0.3 is 21.1 Å². The standard InChI is InChI=1S/C33H33BN4.Pt/c1-24-18-25(2)33(26(3)19-24)34-27-8-6-10-29(20-27)35-14-16-37(22-35)31-12-4-5-13-32(31)38-17-15-36(23-38)30-11-7-9-28(34)21-30;/h6-11,14-19,22-23,31-32H,4-5,12-13H2,1-3H3;/q-4;+4. The predicted octanol–water partition coefficient (Wildman–Crippen LogP) is 4.48. The van der Waals surface area contributed by atoms with Gasteiger partial charge in [0, 0.05) is 12.1 Å². The van der Waals surface area contributed by atoms with Gasteiger partial charge in [-0.05, 0) is 58.4 Å². The van der Waals surface area contributed by atoms with E-state index in [2.05, 4.69) is 139 Å². The van der Waals surface area contributed by atoms with Crippen molar-refractivity contribution in [1.82, 2.24) is 9.80 Å². The number of anilines is 2. The SMILES string of the molecule is Cc1cc(C)c(B2c3[c-]c(ccc3)N3C=CN([CH-]3)C3CCCCC3N3C=CN([CH-]3)c3[c-]c2ccc3)c(C)c1.[Pt+4]. The Kier molecular flexibility index (Phi) is 7.14. The maximum Gasteiger partial charge on any atom is 4.00 e. The van der Waals surface area contributed by atoms with Crippen LogP contribution in [0.4, 0.5) is 11.4 Å². The maximum absolute atomic E-state index is 3.83. The van der Waals surface area contributed by atoms with E-state index < -0.39 is 0 Å². The van der Waals surface area contributed by atoms with E-state index >= 15 is 0 Å². The molecule has 2 atom stereocenters. The smallest absolute Gasteiger partial charge is 0.504 e. The van der Waals surface area contributed by atoms with Crippen LogP contribution in [0.25, 0.3) is 0 Å². The summed E-state index contributed by atoms with van der Waals surface area (Å²) in [4.78, 5) is 9.31. The zero-order valence-electron chi connectivity index (χ0n) is 22.7. The summed E-state index contributed by atoms with van der Waals surface area (Å²) in [6.07, 6.45) is 13.8. The van der Waals surface area contributed by atoms with E-state index in [4.69, 9.17) is 0 Å². The molecule has 1 saturated carbocycles. The minimum Gasteiger partial charge on any atom is -0.504 e. The summed E-state index contributed by atoms with van der Waals surface area (Å²) in [7, 11) is 0. The third kappa shape index (κ3) is 4.73. The van der Waals surface area contributed by atoms with E-state index in [1.165, 1.54) is 58.8 Å². The van der Waals surface area contributed by atoms with Gasteiger partial charge in [-0.1, -0.05) is 47.1 Å². The fourth-order valence-electron chi connectivity index (χ4n) is 6.91. The molecule has 0 spiro atoms. The Labute approximate surface area is 248 Å². The van der Waals surface area contributed by atoms with E-state index in [0.717, 1.165) is 11.4 Å². The van der Waals surface area contributed by atoms with Crippen molar-refractivity contribution in [1.29, 1.82) is 0 Å². The molecule has 3 aromatic carbocycles. The Morgan fingerprint density at radius 1 is 0.718 bits per heavy atom. The van der Waals surface area contributed by atoms with Crippen LogP contribution in [-0.4, -0.2) is 28.6 Å². The first-order valence-electron chi connectivity index (χ1n) is 13.9. The van der Waals surface area contributed by atoms with Crippen LogP contribution in [0.1, 0.15) is 42.4 Å². The number of hydrogen-bond donors (Lipinski definition) is 0. The van der Waals surface area contributed by atoms with Crippen molar-refractivity contribution in [3.63, 3.8) is 0 Å². The number of benzene rings is 3. The molecule has 1 fully saturated rings. The molecule has 8 bridgehead atoms. The average Bonchev–Trinajstić information content (AvgIpc) is 3.61. The molecular formula is C33H33BN4Pt. The van der Waals surface area contributed by atoms with Crippen LogP contribution in [0, 0.1) is 46.2 Å². The van der Waals surface area contributed by atoms with Gasteiger partial charge < -0.3 is 19.6 Å². The van der Waals surface area contributed by atoms with Crippen LogP contribution in [-0.2, 0) is 21.1 Å². The van der Waals surface area contributed by atoms with Crippen molar-refractivity contribution in [3.8, 4) is 0 Å². The largest absolute Gasteiger partial charge is 4.00 e. The minimum absolute atomic E-state index is 0. The first-order chi connectivity index (χ1) is 18.5. The Balaban J connectivity index is 0.00000277. The van der Waals surface area contributed by atoms with Gasteiger partial charge in [-0.15, -0.1) is 11.4 Å². The van der Waals surface area contributed by atoms with Crippen molar-refractivity contribution >= 4 is 34.5 Å². The topological polar surface area (TPSA) is 13.0 Å². The number of hydrogen-bond acceptors (Lipinski definition) is 4. The molecule has 0 aromatic heterocycles. The Bertz CT molecular complexity index is 1330. The van der Waals surface area contributed by atoms with Crippen LogP contribution in [0.2, 0.25) is 0 Å². The zero-order valence-corrected chi connectivity index (χ0v) is 25.0. The predicted molar refractivity (Wildman–Crippen MR) is 157 cm³/mol. The second kappa shape index (κ2) is 10.6. The third-order valence-corrected chi connectivity index (χ3v) is 8.58. The Morgan fingerprint density at radius 3 is 1.69 bits per heavy atom. The fraction of sp³-hybridized carbons (Fsp3) is 0.273. The molecule has 4 nitrogen and oxygen atoms in total. The molecule has 3 heterocycles. The fourth-order valence-corrected chi connectivity index (χ4v) is 6.91. The first-order valence-corrected chi connectivity index (χ1v) is 13.9. The number of aryl methyl sites for hydroxylation is 3. The Morgan fingerprint density at radius 2 is 1.21 bits per heavy atom. The van der Waals surface area contributed by atoms with Crippen LogP contribution in [0.5, 0.6) is 0 Å². The normalized spacial score (nSPS) is 21.5. The van der Waals surface area contributed by atoms with Crippen LogP contribution >= 0.6 is 0 Å². The summed E-state index contributed by atoms with van der Waals surface area (Å²) in [5.41, 5.74) is 9.74. The van der Waals surface area contributed by atoms with E-state index in [0.29, 0.717) is 12.1 Å². The van der Waals surface area contributed by atoms with Gasteiger partial charge in [0.1, 0.15) is 0 Å². The van der Waals surface area contributed by atoms with Crippen molar-refractivity contribution in [3.05, 3.63) is 115 Å². The molecule has 4 aliphatic rings. The number of fused-ring (bicyclic) bond motifs is 13. The summed E-state index contributed by atoms with van der Waals surface area (Å²) in [6.45, 7) is 11.2. The first kappa shape index (κ1) is 26.3. The molecule has 0 N–H and O–H groups in total. The van der Waals surface area contributed by atoms with Crippen molar-refractivity contribution < 1.29 is 21.1 Å². The Hall–Kier alpha value is -2.91. The zero-order chi connectivity index (χ0) is 25.8. The van der Waals surface area contributed by atoms with Gasteiger partial charge in [0.25, 0.3) is 0 Å². The van der Waals surface area contributed by atoms with E-state index in [1.54, 1.807) is 0 Å². The minimum atomic E-state index is 0. The summed E-state index contributed by atoms with van der Waals surface area (Å²) < 4.78 is 0. The van der Waals surface area contributed by atoms with E-state index in [-0.39, 0.29) is 27.8 Å².